The SMILES string of the molecule is COc1ccc(N2C(=O)CS[C@]23C(=O)N(C(C)=O)c2ccccc23)cc1. The fourth-order valence-electron chi connectivity index (χ4n) is 3.53. The number of ether oxygens (including phenoxy) is 1. The van der Waals surface area contributed by atoms with Crippen LogP contribution in [0.3, 0.4) is 0 Å². The van der Waals surface area contributed by atoms with Crippen LogP contribution < -0.4 is 14.5 Å². The monoisotopic (exact) mass is 368 g/mol. The second-order valence-electron chi connectivity index (χ2n) is 6.04. The number of carbonyl (C=O) groups excluding carboxylic acids is 3. The number of fused-ring (bicyclic) bond motifs is 2. The molecule has 0 saturated carbocycles. The van der Waals surface area contributed by atoms with E-state index in [2.05, 4.69) is 0 Å². The number of para-hydroxylation sites is 1. The predicted octanol–water partition coefficient (Wildman–Crippen LogP) is 2.52. The van der Waals surface area contributed by atoms with Crippen LogP contribution in [-0.2, 0) is 19.3 Å². The van der Waals surface area contributed by atoms with E-state index in [0.29, 0.717) is 22.7 Å². The van der Waals surface area contributed by atoms with E-state index in [1.54, 1.807) is 49.6 Å². The first kappa shape index (κ1) is 16.7. The lowest BCUT2D eigenvalue weighted by atomic mass is 10.0. The number of benzene rings is 2. The van der Waals surface area contributed by atoms with Crippen molar-refractivity contribution in [3.8, 4) is 5.75 Å². The Bertz CT molecular complexity index is 927. The van der Waals surface area contributed by atoms with Gasteiger partial charge in [-0.25, -0.2) is 4.90 Å². The standard InChI is InChI=1S/C19H16N2O4S/c1-12(22)20-16-6-4-3-5-15(16)19(18(20)24)21(17(23)11-26-19)13-7-9-14(25-2)10-8-13/h3-10H,11H2,1-2H3/t19-/m1/s1. The highest BCUT2D eigenvalue weighted by Gasteiger charge is 2.61. The maximum atomic E-state index is 13.3. The van der Waals surface area contributed by atoms with E-state index in [1.165, 1.54) is 23.6 Å². The van der Waals surface area contributed by atoms with Gasteiger partial charge in [0.25, 0.3) is 5.91 Å². The smallest absolute Gasteiger partial charge is 0.275 e. The number of amides is 3. The Kier molecular flexibility index (Phi) is 3.77. The molecule has 4 rings (SSSR count). The fourth-order valence-corrected chi connectivity index (χ4v) is 4.87. The molecule has 1 spiro atoms. The molecule has 1 fully saturated rings. The molecule has 2 heterocycles. The van der Waals surface area contributed by atoms with Gasteiger partial charge in [-0.05, 0) is 30.3 Å². The molecule has 0 aliphatic carbocycles. The molecule has 132 valence electrons. The third-order valence-corrected chi connectivity index (χ3v) is 6.00. The Hall–Kier alpha value is -2.80. The molecule has 0 aromatic heterocycles. The summed E-state index contributed by atoms with van der Waals surface area (Å²) in [5, 5.41) is 0. The van der Waals surface area contributed by atoms with Crippen LogP contribution in [0.15, 0.2) is 48.5 Å². The van der Waals surface area contributed by atoms with Gasteiger partial charge in [-0.1, -0.05) is 18.2 Å². The minimum atomic E-state index is -1.26. The molecule has 2 aliphatic heterocycles. The predicted molar refractivity (Wildman–Crippen MR) is 99.2 cm³/mol. The number of methoxy groups -OCH3 is 1. The number of carbonyl (C=O) groups is 3. The molecule has 2 aromatic rings. The Morgan fingerprint density at radius 3 is 2.46 bits per heavy atom. The number of imide groups is 1. The zero-order valence-corrected chi connectivity index (χ0v) is 15.1. The Balaban J connectivity index is 1.92. The summed E-state index contributed by atoms with van der Waals surface area (Å²) in [7, 11) is 1.56. The Morgan fingerprint density at radius 1 is 1.12 bits per heavy atom. The third kappa shape index (κ3) is 2.10. The first-order valence-corrected chi connectivity index (χ1v) is 9.05. The highest BCUT2D eigenvalue weighted by Crippen LogP contribution is 2.55. The van der Waals surface area contributed by atoms with Crippen molar-refractivity contribution in [2.75, 3.05) is 22.7 Å². The molecular weight excluding hydrogens is 352 g/mol. The maximum Gasteiger partial charge on any atom is 0.275 e. The van der Waals surface area contributed by atoms with Gasteiger partial charge in [0.2, 0.25) is 16.7 Å². The van der Waals surface area contributed by atoms with E-state index in [4.69, 9.17) is 4.74 Å². The molecule has 3 amide bonds. The van der Waals surface area contributed by atoms with E-state index in [-0.39, 0.29) is 17.6 Å². The van der Waals surface area contributed by atoms with Gasteiger partial charge in [0.15, 0.2) is 0 Å². The van der Waals surface area contributed by atoms with Crippen molar-refractivity contribution in [2.45, 2.75) is 11.8 Å². The minimum absolute atomic E-state index is 0.165. The fraction of sp³-hybridized carbons (Fsp3) is 0.211. The lowest BCUT2D eigenvalue weighted by Crippen LogP contribution is -2.50. The summed E-state index contributed by atoms with van der Waals surface area (Å²) >= 11 is 1.25. The minimum Gasteiger partial charge on any atom is -0.497 e. The second kappa shape index (κ2) is 5.88. The first-order chi connectivity index (χ1) is 12.5. The lowest BCUT2D eigenvalue weighted by molar-refractivity contribution is -0.128. The quantitative estimate of drug-likeness (QED) is 0.815. The summed E-state index contributed by atoms with van der Waals surface area (Å²) in [5.74, 6) is -0.121. The lowest BCUT2D eigenvalue weighted by Gasteiger charge is -2.33. The van der Waals surface area contributed by atoms with Gasteiger partial charge in [-0.15, -0.1) is 11.8 Å². The normalized spacial score (nSPS) is 21.5. The second-order valence-corrected chi connectivity index (χ2v) is 7.20. The zero-order valence-electron chi connectivity index (χ0n) is 14.3. The highest BCUT2D eigenvalue weighted by atomic mass is 32.2. The van der Waals surface area contributed by atoms with E-state index in [1.807, 2.05) is 6.07 Å². The summed E-state index contributed by atoms with van der Waals surface area (Å²) in [5.41, 5.74) is 1.78. The zero-order chi connectivity index (χ0) is 18.5. The summed E-state index contributed by atoms with van der Waals surface area (Å²) in [6.07, 6.45) is 0. The number of anilines is 2. The molecule has 0 bridgehead atoms. The van der Waals surface area contributed by atoms with Crippen LogP contribution in [0.4, 0.5) is 11.4 Å². The van der Waals surface area contributed by atoms with E-state index >= 15 is 0 Å². The highest BCUT2D eigenvalue weighted by molar-refractivity contribution is 8.02. The van der Waals surface area contributed by atoms with Crippen molar-refractivity contribution >= 4 is 40.9 Å². The van der Waals surface area contributed by atoms with E-state index in [0.717, 1.165) is 4.90 Å². The van der Waals surface area contributed by atoms with Crippen LogP contribution in [0.2, 0.25) is 0 Å². The summed E-state index contributed by atoms with van der Waals surface area (Å²) in [4.78, 5) is 39.6. The molecule has 0 N–H and O–H groups in total. The van der Waals surface area contributed by atoms with Crippen LogP contribution in [0.25, 0.3) is 0 Å². The molecule has 6 nitrogen and oxygen atoms in total. The average molecular weight is 368 g/mol. The van der Waals surface area contributed by atoms with Crippen LogP contribution in [0.1, 0.15) is 12.5 Å². The van der Waals surface area contributed by atoms with Crippen molar-refractivity contribution in [2.24, 2.45) is 0 Å². The molecular formula is C19H16N2O4S. The number of thioether (sulfide) groups is 1. The maximum absolute atomic E-state index is 13.3. The first-order valence-electron chi connectivity index (χ1n) is 8.06. The molecule has 7 heteroatoms. The van der Waals surface area contributed by atoms with Crippen molar-refractivity contribution in [1.82, 2.24) is 0 Å². The molecule has 1 saturated heterocycles. The summed E-state index contributed by atoms with van der Waals surface area (Å²) in [6.45, 7) is 1.35. The third-order valence-electron chi connectivity index (χ3n) is 4.62. The van der Waals surface area contributed by atoms with Gasteiger partial charge in [0.1, 0.15) is 5.75 Å². The van der Waals surface area contributed by atoms with Gasteiger partial charge >= 0.3 is 0 Å². The molecule has 1 atom stereocenters. The van der Waals surface area contributed by atoms with Crippen LogP contribution in [0, 0.1) is 0 Å². The largest absolute Gasteiger partial charge is 0.497 e. The summed E-state index contributed by atoms with van der Waals surface area (Å²) < 4.78 is 5.17. The van der Waals surface area contributed by atoms with Crippen LogP contribution >= 0.6 is 11.8 Å². The number of nitrogens with zero attached hydrogens (tertiary/aromatic N) is 2. The van der Waals surface area contributed by atoms with Crippen molar-refractivity contribution < 1.29 is 19.1 Å². The molecule has 0 unspecified atom stereocenters. The Labute approximate surface area is 154 Å². The molecule has 0 radical (unpaired) electrons. The van der Waals surface area contributed by atoms with E-state index in [9.17, 15) is 14.4 Å². The number of hydrogen-bond donors (Lipinski definition) is 0. The van der Waals surface area contributed by atoms with Crippen LogP contribution in [-0.4, -0.2) is 30.6 Å². The number of rotatable bonds is 2. The molecule has 2 aliphatic rings. The Morgan fingerprint density at radius 2 is 1.81 bits per heavy atom. The average Bonchev–Trinajstić information content (AvgIpc) is 3.12. The molecule has 2 aromatic carbocycles. The van der Waals surface area contributed by atoms with Gasteiger partial charge in [-0.2, -0.15) is 0 Å². The topological polar surface area (TPSA) is 66.9 Å². The van der Waals surface area contributed by atoms with Crippen molar-refractivity contribution in [3.05, 3.63) is 54.1 Å². The van der Waals surface area contributed by atoms with Crippen LogP contribution in [0.5, 0.6) is 5.75 Å². The van der Waals surface area contributed by atoms with Crippen molar-refractivity contribution in [1.29, 1.82) is 0 Å². The van der Waals surface area contributed by atoms with Gasteiger partial charge in [0, 0.05) is 18.2 Å². The number of hydrogen-bond acceptors (Lipinski definition) is 5. The van der Waals surface area contributed by atoms with Crippen molar-refractivity contribution in [3.63, 3.8) is 0 Å². The van der Waals surface area contributed by atoms with Gasteiger partial charge in [0.05, 0.1) is 18.6 Å². The van der Waals surface area contributed by atoms with Gasteiger partial charge in [-0.3, -0.25) is 19.3 Å². The van der Waals surface area contributed by atoms with Gasteiger partial charge < -0.3 is 4.74 Å². The van der Waals surface area contributed by atoms with E-state index < -0.39 is 10.8 Å². The summed E-state index contributed by atoms with van der Waals surface area (Å²) in [6, 6.07) is 14.1. The molecule has 26 heavy (non-hydrogen) atoms.